The number of hydrogen-bond acceptors (Lipinski definition) is 4. The molecule has 0 unspecified atom stereocenters. The standard InChI is InChI=1S/C9H11BrN2O3S/c10-8-1-2-9(11-7-8)16(13,14)12-3-5-15-6-4-12/h1-2,7H,3-6H2. The van der Waals surface area contributed by atoms with Crippen molar-refractivity contribution in [2.24, 2.45) is 0 Å². The average molecular weight is 307 g/mol. The number of nitrogens with zero attached hydrogens (tertiary/aromatic N) is 2. The molecule has 7 heteroatoms. The molecule has 0 amide bonds. The summed E-state index contributed by atoms with van der Waals surface area (Å²) < 4.78 is 31.5. The largest absolute Gasteiger partial charge is 0.379 e. The first-order chi connectivity index (χ1) is 7.60. The van der Waals surface area contributed by atoms with E-state index in [1.165, 1.54) is 16.6 Å². The number of rotatable bonds is 2. The zero-order valence-corrected chi connectivity index (χ0v) is 10.9. The molecule has 2 heterocycles. The lowest BCUT2D eigenvalue weighted by atomic mass is 10.5. The quantitative estimate of drug-likeness (QED) is 0.813. The van der Waals surface area contributed by atoms with Crippen LogP contribution in [0.2, 0.25) is 0 Å². The molecule has 0 bridgehead atoms. The van der Waals surface area contributed by atoms with E-state index in [1.54, 1.807) is 6.07 Å². The van der Waals surface area contributed by atoms with Gasteiger partial charge >= 0.3 is 0 Å². The van der Waals surface area contributed by atoms with Crippen LogP contribution in [-0.2, 0) is 14.8 Å². The van der Waals surface area contributed by atoms with Crippen molar-refractivity contribution in [1.29, 1.82) is 0 Å². The molecule has 1 aliphatic heterocycles. The molecule has 0 aliphatic carbocycles. The van der Waals surface area contributed by atoms with E-state index in [9.17, 15) is 8.42 Å². The number of halogens is 1. The third-order valence-electron chi connectivity index (χ3n) is 2.27. The van der Waals surface area contributed by atoms with E-state index in [4.69, 9.17) is 4.74 Å². The normalized spacial score (nSPS) is 18.6. The van der Waals surface area contributed by atoms with Gasteiger partial charge in [0.25, 0.3) is 10.0 Å². The number of hydrogen-bond donors (Lipinski definition) is 0. The van der Waals surface area contributed by atoms with E-state index in [2.05, 4.69) is 20.9 Å². The van der Waals surface area contributed by atoms with Gasteiger partial charge in [0.2, 0.25) is 0 Å². The molecular weight excluding hydrogens is 296 g/mol. The van der Waals surface area contributed by atoms with Gasteiger partial charge < -0.3 is 4.74 Å². The molecule has 1 fully saturated rings. The summed E-state index contributed by atoms with van der Waals surface area (Å²) in [5.41, 5.74) is 0. The van der Waals surface area contributed by atoms with E-state index < -0.39 is 10.0 Å². The highest BCUT2D eigenvalue weighted by atomic mass is 79.9. The number of pyridine rings is 1. The Labute approximate surface area is 103 Å². The van der Waals surface area contributed by atoms with Crippen molar-refractivity contribution in [2.75, 3.05) is 26.3 Å². The van der Waals surface area contributed by atoms with Gasteiger partial charge in [-0.3, -0.25) is 0 Å². The zero-order valence-electron chi connectivity index (χ0n) is 8.47. The predicted octanol–water partition coefficient (Wildman–Crippen LogP) is 0.865. The van der Waals surface area contributed by atoms with Crippen LogP contribution < -0.4 is 0 Å². The van der Waals surface area contributed by atoms with Crippen LogP contribution in [0, 0.1) is 0 Å². The van der Waals surface area contributed by atoms with Crippen molar-refractivity contribution < 1.29 is 13.2 Å². The first-order valence-electron chi connectivity index (χ1n) is 4.80. The van der Waals surface area contributed by atoms with Crippen LogP contribution >= 0.6 is 15.9 Å². The van der Waals surface area contributed by atoms with Gasteiger partial charge in [-0.25, -0.2) is 13.4 Å². The van der Waals surface area contributed by atoms with Gasteiger partial charge in [0.15, 0.2) is 5.03 Å². The molecule has 1 saturated heterocycles. The molecule has 1 aromatic heterocycles. The third-order valence-corrected chi connectivity index (χ3v) is 4.56. The van der Waals surface area contributed by atoms with Crippen LogP contribution in [0.4, 0.5) is 0 Å². The SMILES string of the molecule is O=S(=O)(c1ccc(Br)cn1)N1CCOCC1. The van der Waals surface area contributed by atoms with E-state index in [0.29, 0.717) is 26.3 Å². The smallest absolute Gasteiger partial charge is 0.260 e. The minimum Gasteiger partial charge on any atom is -0.379 e. The Morgan fingerprint density at radius 1 is 1.31 bits per heavy atom. The van der Waals surface area contributed by atoms with Crippen LogP contribution in [0.3, 0.4) is 0 Å². The maximum Gasteiger partial charge on any atom is 0.260 e. The molecule has 16 heavy (non-hydrogen) atoms. The summed E-state index contributed by atoms with van der Waals surface area (Å²) in [6.07, 6.45) is 1.48. The summed E-state index contributed by atoms with van der Waals surface area (Å²) >= 11 is 3.22. The molecule has 0 aromatic carbocycles. The van der Waals surface area contributed by atoms with E-state index >= 15 is 0 Å². The topological polar surface area (TPSA) is 59.5 Å². The van der Waals surface area contributed by atoms with E-state index in [-0.39, 0.29) is 5.03 Å². The second-order valence-electron chi connectivity index (χ2n) is 3.33. The number of morpholine rings is 1. The molecular formula is C9H11BrN2O3S. The molecule has 1 aliphatic rings. The first-order valence-corrected chi connectivity index (χ1v) is 7.03. The molecule has 2 rings (SSSR count). The minimum absolute atomic E-state index is 0.0811. The van der Waals surface area contributed by atoms with Crippen molar-refractivity contribution in [3.63, 3.8) is 0 Å². The Morgan fingerprint density at radius 3 is 2.56 bits per heavy atom. The summed E-state index contributed by atoms with van der Waals surface area (Å²) in [4.78, 5) is 3.91. The van der Waals surface area contributed by atoms with Crippen LogP contribution in [0.15, 0.2) is 27.8 Å². The lowest BCUT2D eigenvalue weighted by Crippen LogP contribution is -2.40. The van der Waals surface area contributed by atoms with Crippen LogP contribution in [-0.4, -0.2) is 44.0 Å². The molecule has 88 valence electrons. The highest BCUT2D eigenvalue weighted by Crippen LogP contribution is 2.16. The van der Waals surface area contributed by atoms with Gasteiger partial charge in [-0.2, -0.15) is 4.31 Å². The van der Waals surface area contributed by atoms with E-state index in [0.717, 1.165) is 4.47 Å². The molecule has 0 N–H and O–H groups in total. The second kappa shape index (κ2) is 4.79. The van der Waals surface area contributed by atoms with Crippen LogP contribution in [0.5, 0.6) is 0 Å². The van der Waals surface area contributed by atoms with Crippen molar-refractivity contribution in [3.05, 3.63) is 22.8 Å². The van der Waals surface area contributed by atoms with Gasteiger partial charge in [0, 0.05) is 23.8 Å². The van der Waals surface area contributed by atoms with Crippen molar-refractivity contribution in [1.82, 2.24) is 9.29 Å². The molecule has 0 saturated carbocycles. The van der Waals surface area contributed by atoms with E-state index in [1.807, 2.05) is 0 Å². The maximum atomic E-state index is 12.1. The summed E-state index contributed by atoms with van der Waals surface area (Å²) in [5.74, 6) is 0. The lowest BCUT2D eigenvalue weighted by Gasteiger charge is -2.25. The van der Waals surface area contributed by atoms with Crippen LogP contribution in [0.25, 0.3) is 0 Å². The van der Waals surface area contributed by atoms with Gasteiger partial charge in [-0.1, -0.05) is 0 Å². The Balaban J connectivity index is 2.27. The Kier molecular flexibility index (Phi) is 3.58. The summed E-state index contributed by atoms with van der Waals surface area (Å²) in [5, 5.41) is 0.0811. The summed E-state index contributed by atoms with van der Waals surface area (Å²) in [6.45, 7) is 1.66. The monoisotopic (exact) mass is 306 g/mol. The fourth-order valence-electron chi connectivity index (χ4n) is 1.43. The Bertz CT molecular complexity index is 454. The van der Waals surface area contributed by atoms with Gasteiger partial charge in [-0.15, -0.1) is 0 Å². The Morgan fingerprint density at radius 2 is 2.00 bits per heavy atom. The minimum atomic E-state index is -3.46. The summed E-state index contributed by atoms with van der Waals surface area (Å²) in [6, 6.07) is 3.16. The van der Waals surface area contributed by atoms with Crippen LogP contribution in [0.1, 0.15) is 0 Å². The average Bonchev–Trinajstić information content (AvgIpc) is 2.31. The molecule has 0 radical (unpaired) electrons. The van der Waals surface area contributed by atoms with Crippen molar-refractivity contribution in [3.8, 4) is 0 Å². The molecule has 0 spiro atoms. The zero-order chi connectivity index (χ0) is 11.6. The van der Waals surface area contributed by atoms with Crippen molar-refractivity contribution >= 4 is 26.0 Å². The molecule has 5 nitrogen and oxygen atoms in total. The van der Waals surface area contributed by atoms with Crippen molar-refractivity contribution in [2.45, 2.75) is 5.03 Å². The lowest BCUT2D eigenvalue weighted by molar-refractivity contribution is 0.0729. The number of sulfonamides is 1. The number of ether oxygens (including phenoxy) is 1. The highest BCUT2D eigenvalue weighted by Gasteiger charge is 2.27. The first kappa shape index (κ1) is 12.0. The molecule has 0 atom stereocenters. The second-order valence-corrected chi connectivity index (χ2v) is 6.13. The number of aromatic nitrogens is 1. The van der Waals surface area contributed by atoms with Gasteiger partial charge in [-0.05, 0) is 28.1 Å². The van der Waals surface area contributed by atoms with Gasteiger partial charge in [0.05, 0.1) is 13.2 Å². The fourth-order valence-corrected chi connectivity index (χ4v) is 2.99. The van der Waals surface area contributed by atoms with Gasteiger partial charge in [0.1, 0.15) is 0 Å². The summed E-state index contributed by atoms with van der Waals surface area (Å²) in [7, 11) is -3.46. The Hall–Kier alpha value is -0.500. The molecule has 1 aromatic rings. The predicted molar refractivity (Wildman–Crippen MR) is 61.5 cm³/mol. The highest BCUT2D eigenvalue weighted by molar-refractivity contribution is 9.10. The maximum absolute atomic E-state index is 12.1. The third kappa shape index (κ3) is 2.42. The fraction of sp³-hybridized carbons (Fsp3) is 0.444.